The molecular formula is C26H29F2N7O2. The number of methoxy groups -OCH3 is 1. The highest BCUT2D eigenvalue weighted by atomic mass is 19.3. The first kappa shape index (κ1) is 23.6. The number of fused-ring (bicyclic) bond motifs is 2. The van der Waals surface area contributed by atoms with Crippen molar-refractivity contribution < 1.29 is 18.3 Å². The lowest BCUT2D eigenvalue weighted by Gasteiger charge is -2.44. The summed E-state index contributed by atoms with van der Waals surface area (Å²) < 4.78 is 35.2. The lowest BCUT2D eigenvalue weighted by atomic mass is 9.66. The highest BCUT2D eigenvalue weighted by Gasteiger charge is 2.47. The van der Waals surface area contributed by atoms with E-state index in [1.807, 2.05) is 37.4 Å². The van der Waals surface area contributed by atoms with Crippen molar-refractivity contribution in [3.63, 3.8) is 0 Å². The summed E-state index contributed by atoms with van der Waals surface area (Å²) in [7, 11) is 1.55. The second-order valence-electron chi connectivity index (χ2n) is 10.4. The number of amides is 1. The molecule has 37 heavy (non-hydrogen) atoms. The molecule has 2 fully saturated rings. The largest absolute Gasteiger partial charge is 0.479 e. The first-order valence-electron chi connectivity index (χ1n) is 12.5. The van der Waals surface area contributed by atoms with E-state index in [0.29, 0.717) is 53.1 Å². The van der Waals surface area contributed by atoms with Crippen LogP contribution in [0.15, 0.2) is 30.5 Å². The third-order valence-electron chi connectivity index (χ3n) is 7.43. The summed E-state index contributed by atoms with van der Waals surface area (Å²) in [6.07, 6.45) is 2.90. The number of ether oxygens (including phenoxy) is 1. The quantitative estimate of drug-likeness (QED) is 0.370. The Morgan fingerprint density at radius 1 is 1.22 bits per heavy atom. The van der Waals surface area contributed by atoms with Gasteiger partial charge in [0.1, 0.15) is 11.3 Å². The molecule has 4 aromatic rings. The molecule has 0 radical (unpaired) electrons. The van der Waals surface area contributed by atoms with Crippen molar-refractivity contribution in [1.29, 1.82) is 0 Å². The van der Waals surface area contributed by atoms with Gasteiger partial charge >= 0.3 is 0 Å². The molecule has 0 spiro atoms. The number of anilines is 1. The third kappa shape index (κ3) is 4.25. The zero-order valence-corrected chi connectivity index (χ0v) is 21.0. The Balaban J connectivity index is 1.27. The topological polar surface area (TPSA) is 98.4 Å². The Morgan fingerprint density at radius 2 is 2.00 bits per heavy atom. The fourth-order valence-electron chi connectivity index (χ4n) is 5.29. The minimum Gasteiger partial charge on any atom is -0.479 e. The summed E-state index contributed by atoms with van der Waals surface area (Å²) in [5, 5.41) is 11.1. The van der Waals surface area contributed by atoms with E-state index in [-0.39, 0.29) is 17.4 Å². The summed E-state index contributed by atoms with van der Waals surface area (Å²) in [6.45, 7) is 3.31. The van der Waals surface area contributed by atoms with Crippen molar-refractivity contribution in [2.75, 3.05) is 12.4 Å². The molecule has 3 aromatic heterocycles. The summed E-state index contributed by atoms with van der Waals surface area (Å²) in [5.41, 5.74) is 3.25. The first-order valence-corrected chi connectivity index (χ1v) is 12.5. The van der Waals surface area contributed by atoms with E-state index in [4.69, 9.17) is 4.74 Å². The second-order valence-corrected chi connectivity index (χ2v) is 10.4. The van der Waals surface area contributed by atoms with Gasteiger partial charge in [0.15, 0.2) is 0 Å². The van der Waals surface area contributed by atoms with E-state index in [2.05, 4.69) is 25.7 Å². The van der Waals surface area contributed by atoms with Crippen LogP contribution in [-0.4, -0.2) is 55.7 Å². The number of rotatable bonds is 8. The lowest BCUT2D eigenvalue weighted by molar-refractivity contribution is -0.135. The molecule has 2 N–H and O–H groups in total. The summed E-state index contributed by atoms with van der Waals surface area (Å²) in [6, 6.07) is 7.95. The lowest BCUT2D eigenvalue weighted by Crippen LogP contribution is -2.53. The molecule has 194 valence electrons. The Morgan fingerprint density at radius 3 is 2.70 bits per heavy atom. The van der Waals surface area contributed by atoms with E-state index in [9.17, 15) is 13.6 Å². The number of carbonyl (C=O) groups is 1. The Hall–Kier alpha value is -3.76. The van der Waals surface area contributed by atoms with Crippen LogP contribution in [0.3, 0.4) is 0 Å². The number of benzene rings is 1. The van der Waals surface area contributed by atoms with Gasteiger partial charge < -0.3 is 19.9 Å². The summed E-state index contributed by atoms with van der Waals surface area (Å²) in [5.74, 6) is 1.48. The van der Waals surface area contributed by atoms with Gasteiger partial charge in [-0.05, 0) is 56.4 Å². The number of aromatic nitrogens is 5. The zero-order chi connectivity index (χ0) is 25.9. The predicted molar refractivity (Wildman–Crippen MR) is 135 cm³/mol. The number of nitrogens with zero attached hydrogens (tertiary/aromatic N) is 5. The summed E-state index contributed by atoms with van der Waals surface area (Å²) >= 11 is 0. The molecule has 0 unspecified atom stereocenters. The normalized spacial score (nSPS) is 21.4. The van der Waals surface area contributed by atoms with Gasteiger partial charge in [-0.2, -0.15) is 4.98 Å². The van der Waals surface area contributed by atoms with Crippen LogP contribution in [0.1, 0.15) is 38.4 Å². The van der Waals surface area contributed by atoms with Crippen LogP contribution in [0, 0.1) is 12.3 Å². The fourth-order valence-corrected chi connectivity index (χ4v) is 5.29. The van der Waals surface area contributed by atoms with Crippen molar-refractivity contribution in [1.82, 2.24) is 29.5 Å². The van der Waals surface area contributed by atoms with Crippen molar-refractivity contribution >= 4 is 28.4 Å². The SMILES string of the molecule is COc1nc(NC2CC(C)(C(=O)NC3CC3)C2)nn2ccc(-c3ccc4nc(C)n(CC(F)F)c4c3)c12. The van der Waals surface area contributed by atoms with E-state index < -0.39 is 13.0 Å². The average molecular weight is 510 g/mol. The van der Waals surface area contributed by atoms with Crippen LogP contribution in [-0.2, 0) is 11.3 Å². The van der Waals surface area contributed by atoms with Crippen molar-refractivity contribution in [3.8, 4) is 17.0 Å². The van der Waals surface area contributed by atoms with E-state index in [0.717, 1.165) is 24.0 Å². The van der Waals surface area contributed by atoms with Gasteiger partial charge in [-0.1, -0.05) is 13.0 Å². The molecule has 2 aliphatic carbocycles. The van der Waals surface area contributed by atoms with Crippen molar-refractivity contribution in [2.24, 2.45) is 5.41 Å². The number of nitrogens with one attached hydrogen (secondary N) is 2. The number of halogens is 2. The van der Waals surface area contributed by atoms with Gasteiger partial charge in [-0.15, -0.1) is 5.10 Å². The molecule has 1 aromatic carbocycles. The smallest absolute Gasteiger partial charge is 0.256 e. The van der Waals surface area contributed by atoms with Crippen LogP contribution < -0.4 is 15.4 Å². The molecule has 0 saturated heterocycles. The van der Waals surface area contributed by atoms with Crippen LogP contribution in [0.2, 0.25) is 0 Å². The van der Waals surface area contributed by atoms with Gasteiger partial charge in [0, 0.05) is 23.8 Å². The van der Waals surface area contributed by atoms with Crippen LogP contribution in [0.25, 0.3) is 27.7 Å². The molecule has 1 amide bonds. The van der Waals surface area contributed by atoms with Crippen LogP contribution in [0.5, 0.6) is 5.88 Å². The number of hydrogen-bond acceptors (Lipinski definition) is 6. The first-order chi connectivity index (χ1) is 17.7. The monoisotopic (exact) mass is 509 g/mol. The van der Waals surface area contributed by atoms with Gasteiger partial charge in [0.2, 0.25) is 17.7 Å². The Bertz CT molecular complexity index is 1500. The van der Waals surface area contributed by atoms with E-state index in [1.165, 1.54) is 4.57 Å². The van der Waals surface area contributed by atoms with Gasteiger partial charge in [-0.3, -0.25) is 4.79 Å². The van der Waals surface area contributed by atoms with Crippen LogP contribution in [0.4, 0.5) is 14.7 Å². The highest BCUT2D eigenvalue weighted by molar-refractivity contribution is 5.90. The second kappa shape index (κ2) is 8.67. The molecule has 0 atom stereocenters. The number of carbonyl (C=O) groups excluding carboxylic acids is 1. The Labute approximate surface area is 212 Å². The predicted octanol–water partition coefficient (Wildman–Crippen LogP) is 4.19. The van der Waals surface area contributed by atoms with Gasteiger partial charge in [0.25, 0.3) is 6.43 Å². The number of aryl methyl sites for hydroxylation is 1. The van der Waals surface area contributed by atoms with E-state index in [1.54, 1.807) is 18.5 Å². The molecule has 11 heteroatoms. The summed E-state index contributed by atoms with van der Waals surface area (Å²) in [4.78, 5) is 21.5. The molecule has 0 bridgehead atoms. The minimum absolute atomic E-state index is 0.0907. The maximum atomic E-state index is 13.2. The van der Waals surface area contributed by atoms with Crippen molar-refractivity contribution in [3.05, 3.63) is 36.3 Å². The molecular weight excluding hydrogens is 480 g/mol. The molecule has 2 saturated carbocycles. The Kier molecular flexibility index (Phi) is 5.54. The highest BCUT2D eigenvalue weighted by Crippen LogP contribution is 2.43. The maximum absolute atomic E-state index is 13.2. The average Bonchev–Trinajstić information content (AvgIpc) is 3.47. The number of alkyl halides is 2. The van der Waals surface area contributed by atoms with Crippen LogP contribution >= 0.6 is 0 Å². The maximum Gasteiger partial charge on any atom is 0.256 e. The molecule has 0 aliphatic heterocycles. The van der Waals surface area contributed by atoms with E-state index >= 15 is 0 Å². The fraction of sp³-hybridized carbons (Fsp3) is 0.462. The standard InChI is InChI=1S/C26H29F2N7O2/c1-14-29-19-7-4-15(10-20(19)34(14)13-21(27)28)18-8-9-35-22(18)23(37-3)32-25(33-35)31-17-11-26(2,12-17)24(36)30-16-5-6-16/h4,7-10,16-17,21H,5-6,11-13H2,1-3H3,(H,30,36)(H,31,33). The molecule has 2 aliphatic rings. The number of hydrogen-bond donors (Lipinski definition) is 2. The molecule has 9 nitrogen and oxygen atoms in total. The van der Waals surface area contributed by atoms with Gasteiger partial charge in [0.05, 0.1) is 30.1 Å². The van der Waals surface area contributed by atoms with Gasteiger partial charge in [-0.25, -0.2) is 18.3 Å². The third-order valence-corrected chi connectivity index (χ3v) is 7.43. The van der Waals surface area contributed by atoms with Crippen molar-refractivity contribution in [2.45, 2.75) is 64.6 Å². The molecule has 6 rings (SSSR count). The number of imidazole rings is 1. The zero-order valence-electron chi connectivity index (χ0n) is 21.0. The molecule has 3 heterocycles. The minimum atomic E-state index is -2.48.